The predicted molar refractivity (Wildman–Crippen MR) is 35.8 cm³/mol. The lowest BCUT2D eigenvalue weighted by Crippen LogP contribution is -2.15. The van der Waals surface area contributed by atoms with Gasteiger partial charge in [-0.05, 0) is 6.42 Å². The maximum absolute atomic E-state index is 11.4. The topological polar surface area (TPSA) is 9.23 Å². The lowest BCUT2D eigenvalue weighted by molar-refractivity contribution is -0.166. The second-order valence-corrected chi connectivity index (χ2v) is 2.24. The zero-order valence-electron chi connectivity index (χ0n) is 6.45. The van der Waals surface area contributed by atoms with Gasteiger partial charge >= 0.3 is 6.18 Å². The second kappa shape index (κ2) is 5.41. The van der Waals surface area contributed by atoms with E-state index in [2.05, 4.69) is 4.74 Å². The van der Waals surface area contributed by atoms with E-state index in [1.54, 1.807) is 0 Å². The largest absolute Gasteiger partial charge is 0.411 e. The van der Waals surface area contributed by atoms with Gasteiger partial charge in [0.2, 0.25) is 0 Å². The summed E-state index contributed by atoms with van der Waals surface area (Å²) >= 11 is 0. The van der Waals surface area contributed by atoms with Gasteiger partial charge in [0.15, 0.2) is 0 Å². The fourth-order valence-corrected chi connectivity index (χ4v) is 0.524. The van der Waals surface area contributed by atoms with Crippen molar-refractivity contribution in [2.75, 3.05) is 6.61 Å². The number of unbranched alkanes of at least 4 members (excludes halogenated alkanes) is 2. The fourth-order valence-electron chi connectivity index (χ4n) is 0.524. The van der Waals surface area contributed by atoms with Gasteiger partial charge in [-0.25, -0.2) is 0 Å². The van der Waals surface area contributed by atoms with E-state index in [4.69, 9.17) is 0 Å². The maximum Gasteiger partial charge on any atom is 0.411 e. The minimum atomic E-state index is -4.21. The molecule has 0 aliphatic heterocycles. The molecule has 0 aromatic rings. The van der Waals surface area contributed by atoms with Crippen LogP contribution in [-0.4, -0.2) is 12.8 Å². The molecule has 0 spiro atoms. The molecule has 0 atom stereocenters. The molecule has 0 aliphatic rings. The van der Waals surface area contributed by atoms with Gasteiger partial charge in [0.1, 0.15) is 6.61 Å². The molecular weight excluding hydrogens is 157 g/mol. The van der Waals surface area contributed by atoms with Gasteiger partial charge in [-0.1, -0.05) is 19.8 Å². The molecule has 1 radical (unpaired) electrons. The van der Waals surface area contributed by atoms with Gasteiger partial charge < -0.3 is 4.74 Å². The number of hydrogen-bond acceptors (Lipinski definition) is 1. The van der Waals surface area contributed by atoms with Crippen molar-refractivity contribution in [3.63, 3.8) is 0 Å². The number of rotatable bonds is 5. The number of hydrogen-bond donors (Lipinski definition) is 0. The van der Waals surface area contributed by atoms with Crippen LogP contribution < -0.4 is 0 Å². The zero-order chi connectivity index (χ0) is 8.74. The first kappa shape index (κ1) is 10.8. The Kier molecular flexibility index (Phi) is 5.28. The van der Waals surface area contributed by atoms with Crippen molar-refractivity contribution >= 4 is 0 Å². The van der Waals surface area contributed by atoms with E-state index in [1.807, 2.05) is 6.92 Å². The van der Waals surface area contributed by atoms with Crippen LogP contribution >= 0.6 is 0 Å². The van der Waals surface area contributed by atoms with E-state index in [9.17, 15) is 13.2 Å². The van der Waals surface area contributed by atoms with Crippen LogP contribution in [0.5, 0.6) is 0 Å². The highest BCUT2D eigenvalue weighted by Crippen LogP contribution is 2.15. The smallest absolute Gasteiger partial charge is 0.366 e. The summed E-state index contributed by atoms with van der Waals surface area (Å²) in [7, 11) is 0. The SMILES string of the molecule is CCCC[CH]OCC(F)(F)F. The molecule has 1 nitrogen and oxygen atoms in total. The van der Waals surface area contributed by atoms with Crippen molar-refractivity contribution < 1.29 is 17.9 Å². The van der Waals surface area contributed by atoms with Crippen molar-refractivity contribution in [2.45, 2.75) is 32.4 Å². The Labute approximate surface area is 64.5 Å². The molecular formula is C7H12F3O. The standard InChI is InChI=1S/C7H12F3O/c1-2-3-4-5-11-6-7(8,9)10/h5H,2-4,6H2,1H3. The monoisotopic (exact) mass is 169 g/mol. The van der Waals surface area contributed by atoms with Gasteiger partial charge in [-0.15, -0.1) is 0 Å². The summed E-state index contributed by atoms with van der Waals surface area (Å²) < 4.78 is 38.5. The van der Waals surface area contributed by atoms with Crippen LogP contribution in [-0.2, 0) is 4.74 Å². The molecule has 0 N–H and O–H groups in total. The summed E-state index contributed by atoms with van der Waals surface area (Å²) in [5.41, 5.74) is 0. The zero-order valence-corrected chi connectivity index (χ0v) is 6.45. The van der Waals surface area contributed by atoms with Crippen molar-refractivity contribution in [3.05, 3.63) is 6.61 Å². The highest BCUT2D eigenvalue weighted by atomic mass is 19.4. The van der Waals surface area contributed by atoms with Crippen LogP contribution in [0.1, 0.15) is 26.2 Å². The Balaban J connectivity index is 3.02. The normalized spacial score (nSPS) is 12.0. The summed E-state index contributed by atoms with van der Waals surface area (Å²) in [6.45, 7) is 2.02. The molecule has 0 bridgehead atoms. The first-order valence-electron chi connectivity index (χ1n) is 3.56. The van der Waals surface area contributed by atoms with E-state index in [1.165, 1.54) is 6.61 Å². The average molecular weight is 169 g/mol. The number of alkyl halides is 3. The lowest BCUT2D eigenvalue weighted by Gasteiger charge is -2.05. The number of ether oxygens (including phenoxy) is 1. The van der Waals surface area contributed by atoms with E-state index in [-0.39, 0.29) is 0 Å². The minimum Gasteiger partial charge on any atom is -0.366 e. The molecule has 0 aromatic heterocycles. The summed E-state index contributed by atoms with van der Waals surface area (Å²) in [6, 6.07) is 0. The summed E-state index contributed by atoms with van der Waals surface area (Å²) in [4.78, 5) is 0. The summed E-state index contributed by atoms with van der Waals surface area (Å²) in [6.07, 6.45) is -1.78. The highest BCUT2D eigenvalue weighted by Gasteiger charge is 2.27. The van der Waals surface area contributed by atoms with Crippen LogP contribution in [0.4, 0.5) is 13.2 Å². The Hall–Kier alpha value is -0.250. The molecule has 0 rings (SSSR count). The van der Waals surface area contributed by atoms with Crippen molar-refractivity contribution in [3.8, 4) is 0 Å². The van der Waals surface area contributed by atoms with E-state index in [0.717, 1.165) is 12.8 Å². The molecule has 0 aromatic carbocycles. The molecule has 0 saturated carbocycles. The first-order chi connectivity index (χ1) is 5.06. The van der Waals surface area contributed by atoms with Gasteiger partial charge in [0.05, 0.1) is 6.61 Å². The fraction of sp³-hybridized carbons (Fsp3) is 0.857. The third-order valence-corrected chi connectivity index (χ3v) is 1.04. The Bertz CT molecular complexity index is 90.2. The molecule has 0 aliphatic carbocycles. The lowest BCUT2D eigenvalue weighted by atomic mass is 10.3. The molecule has 11 heavy (non-hydrogen) atoms. The molecule has 4 heteroatoms. The van der Waals surface area contributed by atoms with Gasteiger partial charge in [-0.3, -0.25) is 0 Å². The second-order valence-electron chi connectivity index (χ2n) is 2.24. The van der Waals surface area contributed by atoms with Crippen molar-refractivity contribution in [2.24, 2.45) is 0 Å². The van der Waals surface area contributed by atoms with Gasteiger partial charge in [-0.2, -0.15) is 13.2 Å². The first-order valence-corrected chi connectivity index (χ1v) is 3.56. The molecule has 0 heterocycles. The van der Waals surface area contributed by atoms with Crippen LogP contribution in [0.15, 0.2) is 0 Å². The van der Waals surface area contributed by atoms with E-state index < -0.39 is 12.8 Å². The molecule has 0 fully saturated rings. The Morgan fingerprint density at radius 2 is 2.00 bits per heavy atom. The third kappa shape index (κ3) is 9.75. The Morgan fingerprint density at radius 1 is 1.36 bits per heavy atom. The van der Waals surface area contributed by atoms with Crippen LogP contribution in [0.3, 0.4) is 0 Å². The van der Waals surface area contributed by atoms with Crippen LogP contribution in [0.25, 0.3) is 0 Å². The van der Waals surface area contributed by atoms with Crippen molar-refractivity contribution in [1.82, 2.24) is 0 Å². The molecule has 0 amide bonds. The van der Waals surface area contributed by atoms with Gasteiger partial charge in [0.25, 0.3) is 0 Å². The number of halogens is 3. The molecule has 0 saturated heterocycles. The predicted octanol–water partition coefficient (Wildman–Crippen LogP) is 2.92. The third-order valence-electron chi connectivity index (χ3n) is 1.04. The summed E-state index contributed by atoms with van der Waals surface area (Å²) in [5.74, 6) is 0. The van der Waals surface area contributed by atoms with Crippen LogP contribution in [0, 0.1) is 6.61 Å². The van der Waals surface area contributed by atoms with Crippen LogP contribution in [0.2, 0.25) is 0 Å². The Morgan fingerprint density at radius 3 is 2.45 bits per heavy atom. The van der Waals surface area contributed by atoms with E-state index >= 15 is 0 Å². The van der Waals surface area contributed by atoms with Crippen molar-refractivity contribution in [1.29, 1.82) is 0 Å². The average Bonchev–Trinajstić information content (AvgIpc) is 1.85. The summed E-state index contributed by atoms with van der Waals surface area (Å²) in [5, 5.41) is 0. The quantitative estimate of drug-likeness (QED) is 0.575. The van der Waals surface area contributed by atoms with Gasteiger partial charge in [0, 0.05) is 0 Å². The van der Waals surface area contributed by atoms with E-state index in [0.29, 0.717) is 6.42 Å². The molecule has 67 valence electrons. The highest BCUT2D eigenvalue weighted by molar-refractivity contribution is 4.53. The minimum absolute atomic E-state index is 0.590. The maximum atomic E-state index is 11.4. The molecule has 0 unspecified atom stereocenters.